The maximum absolute atomic E-state index is 12.3. The monoisotopic (exact) mass is 363 g/mol. The van der Waals surface area contributed by atoms with Crippen molar-refractivity contribution in [2.45, 2.75) is 6.54 Å². The molecule has 1 aromatic heterocycles. The van der Waals surface area contributed by atoms with Crippen molar-refractivity contribution in [3.8, 4) is 6.07 Å². The molecule has 0 aliphatic rings. The Hall–Kier alpha value is -3.36. The van der Waals surface area contributed by atoms with Crippen LogP contribution >= 0.6 is 11.6 Å². The molecule has 0 bridgehead atoms. The Kier molecular flexibility index (Phi) is 5.16. The van der Waals surface area contributed by atoms with E-state index in [1.165, 1.54) is 10.6 Å². The largest absolute Gasteiger partial charge is 0.321 e. The number of hydrogen-bond acceptors (Lipinski definition) is 3. The lowest BCUT2D eigenvalue weighted by Crippen LogP contribution is -2.21. The van der Waals surface area contributed by atoms with E-state index >= 15 is 0 Å². The highest BCUT2D eigenvalue weighted by Gasteiger charge is 2.08. The molecule has 1 N–H and O–H groups in total. The summed E-state index contributed by atoms with van der Waals surface area (Å²) in [6, 6.07) is 18.5. The Morgan fingerprint density at radius 2 is 1.81 bits per heavy atom. The highest BCUT2D eigenvalue weighted by atomic mass is 35.5. The lowest BCUT2D eigenvalue weighted by Gasteiger charge is -2.11. The van der Waals surface area contributed by atoms with Gasteiger partial charge in [-0.3, -0.25) is 9.59 Å². The van der Waals surface area contributed by atoms with Crippen molar-refractivity contribution in [1.29, 1.82) is 5.26 Å². The number of anilines is 1. The summed E-state index contributed by atoms with van der Waals surface area (Å²) in [6.45, 7) is 0.305. The SMILES string of the molecule is N#Cc1ccc(C(=O)Nc2ccc(=O)n(Cc3ccccc3Cl)c2)cc1. The number of nitriles is 1. The fourth-order valence-electron chi connectivity index (χ4n) is 2.44. The molecule has 0 aliphatic carbocycles. The normalized spacial score (nSPS) is 10.2. The quantitative estimate of drug-likeness (QED) is 0.768. The molecule has 0 atom stereocenters. The molecule has 0 radical (unpaired) electrons. The van der Waals surface area contributed by atoms with E-state index in [1.54, 1.807) is 42.6 Å². The summed E-state index contributed by atoms with van der Waals surface area (Å²) in [5.41, 5.74) is 2.02. The van der Waals surface area contributed by atoms with Crippen LogP contribution in [0.25, 0.3) is 0 Å². The fourth-order valence-corrected chi connectivity index (χ4v) is 2.63. The van der Waals surface area contributed by atoms with E-state index in [0.717, 1.165) is 5.56 Å². The van der Waals surface area contributed by atoms with Crippen LogP contribution < -0.4 is 10.9 Å². The highest BCUT2D eigenvalue weighted by Crippen LogP contribution is 2.16. The average molecular weight is 364 g/mol. The number of carbonyl (C=O) groups is 1. The Labute approximate surface area is 155 Å². The standard InChI is InChI=1S/C20H14ClN3O2/c21-18-4-2-1-3-16(18)12-24-13-17(9-10-19(24)25)23-20(26)15-7-5-14(11-22)6-8-15/h1-10,13H,12H2,(H,23,26). The van der Waals surface area contributed by atoms with Gasteiger partial charge in [-0.05, 0) is 42.0 Å². The molecular weight excluding hydrogens is 350 g/mol. The van der Waals surface area contributed by atoms with Crippen molar-refractivity contribution in [2.24, 2.45) is 0 Å². The predicted octanol–water partition coefficient (Wildman–Crippen LogP) is 3.67. The van der Waals surface area contributed by atoms with Gasteiger partial charge >= 0.3 is 0 Å². The zero-order chi connectivity index (χ0) is 18.5. The van der Waals surface area contributed by atoms with E-state index in [4.69, 9.17) is 16.9 Å². The van der Waals surface area contributed by atoms with Crippen molar-refractivity contribution in [2.75, 3.05) is 5.32 Å². The number of pyridine rings is 1. The molecule has 0 spiro atoms. The lowest BCUT2D eigenvalue weighted by atomic mass is 10.1. The van der Waals surface area contributed by atoms with Gasteiger partial charge < -0.3 is 9.88 Å². The molecule has 3 rings (SSSR count). The van der Waals surface area contributed by atoms with Crippen LogP contribution in [0.3, 0.4) is 0 Å². The van der Waals surface area contributed by atoms with Crippen LogP contribution in [0.1, 0.15) is 21.5 Å². The van der Waals surface area contributed by atoms with E-state index in [0.29, 0.717) is 28.4 Å². The average Bonchev–Trinajstić information content (AvgIpc) is 2.66. The first kappa shape index (κ1) is 17.5. The smallest absolute Gasteiger partial charge is 0.255 e. The second-order valence-electron chi connectivity index (χ2n) is 5.62. The summed E-state index contributed by atoms with van der Waals surface area (Å²) in [6.07, 6.45) is 1.58. The number of rotatable bonds is 4. The van der Waals surface area contributed by atoms with Gasteiger partial charge in [-0.2, -0.15) is 5.26 Å². The van der Waals surface area contributed by atoms with Crippen molar-refractivity contribution in [3.05, 3.63) is 98.9 Å². The molecule has 0 saturated carbocycles. The van der Waals surface area contributed by atoms with Crippen molar-refractivity contribution in [1.82, 2.24) is 4.57 Å². The van der Waals surface area contributed by atoms with Crippen molar-refractivity contribution in [3.63, 3.8) is 0 Å². The molecule has 1 heterocycles. The molecule has 0 aliphatic heterocycles. The number of carbonyl (C=O) groups excluding carboxylic acids is 1. The van der Waals surface area contributed by atoms with Crippen LogP contribution in [0.2, 0.25) is 5.02 Å². The third-order valence-corrected chi connectivity index (χ3v) is 4.18. The predicted molar refractivity (Wildman–Crippen MR) is 100 cm³/mol. The summed E-state index contributed by atoms with van der Waals surface area (Å²) in [5, 5.41) is 12.1. The molecule has 5 nitrogen and oxygen atoms in total. The Morgan fingerprint density at radius 1 is 1.08 bits per heavy atom. The van der Waals surface area contributed by atoms with Gasteiger partial charge in [-0.15, -0.1) is 0 Å². The second-order valence-corrected chi connectivity index (χ2v) is 6.03. The van der Waals surface area contributed by atoms with E-state index in [-0.39, 0.29) is 11.5 Å². The van der Waals surface area contributed by atoms with Crippen LogP contribution in [-0.2, 0) is 6.54 Å². The zero-order valence-electron chi connectivity index (χ0n) is 13.6. The number of hydrogen-bond donors (Lipinski definition) is 1. The molecule has 0 saturated heterocycles. The number of halogens is 1. The fraction of sp³-hybridized carbons (Fsp3) is 0.0500. The summed E-state index contributed by atoms with van der Waals surface area (Å²) >= 11 is 6.15. The van der Waals surface area contributed by atoms with Crippen LogP contribution in [0.4, 0.5) is 5.69 Å². The third-order valence-electron chi connectivity index (χ3n) is 3.82. The van der Waals surface area contributed by atoms with E-state index < -0.39 is 0 Å². The van der Waals surface area contributed by atoms with E-state index in [2.05, 4.69) is 5.32 Å². The first-order chi connectivity index (χ1) is 12.6. The first-order valence-corrected chi connectivity index (χ1v) is 8.20. The van der Waals surface area contributed by atoms with Crippen LogP contribution in [-0.4, -0.2) is 10.5 Å². The Morgan fingerprint density at radius 3 is 2.50 bits per heavy atom. The summed E-state index contributed by atoms with van der Waals surface area (Å²) < 4.78 is 1.48. The maximum atomic E-state index is 12.3. The lowest BCUT2D eigenvalue weighted by molar-refractivity contribution is 0.102. The molecule has 3 aromatic rings. The minimum Gasteiger partial charge on any atom is -0.321 e. The number of benzene rings is 2. The summed E-state index contributed by atoms with van der Waals surface area (Å²) in [7, 11) is 0. The van der Waals surface area contributed by atoms with E-state index in [1.807, 2.05) is 24.3 Å². The van der Waals surface area contributed by atoms with Gasteiger partial charge in [-0.25, -0.2) is 0 Å². The second kappa shape index (κ2) is 7.68. The van der Waals surface area contributed by atoms with Crippen LogP contribution in [0, 0.1) is 11.3 Å². The first-order valence-electron chi connectivity index (χ1n) is 7.82. The van der Waals surface area contributed by atoms with E-state index in [9.17, 15) is 9.59 Å². The zero-order valence-corrected chi connectivity index (χ0v) is 14.4. The van der Waals surface area contributed by atoms with Gasteiger partial charge in [-0.1, -0.05) is 29.8 Å². The van der Waals surface area contributed by atoms with Gasteiger partial charge in [0.1, 0.15) is 0 Å². The van der Waals surface area contributed by atoms with Crippen molar-refractivity contribution < 1.29 is 4.79 Å². The van der Waals surface area contributed by atoms with Crippen LogP contribution in [0.15, 0.2) is 71.7 Å². The number of amides is 1. The molecular formula is C20H14ClN3O2. The summed E-state index contributed by atoms with van der Waals surface area (Å²) in [5.74, 6) is -0.322. The number of aromatic nitrogens is 1. The minimum atomic E-state index is -0.322. The molecule has 0 unspecified atom stereocenters. The number of nitrogens with one attached hydrogen (secondary N) is 1. The topological polar surface area (TPSA) is 74.9 Å². The molecule has 26 heavy (non-hydrogen) atoms. The van der Waals surface area contributed by atoms with Gasteiger partial charge in [0.2, 0.25) is 0 Å². The third kappa shape index (κ3) is 4.00. The highest BCUT2D eigenvalue weighted by molar-refractivity contribution is 6.31. The molecule has 2 aromatic carbocycles. The van der Waals surface area contributed by atoms with Crippen molar-refractivity contribution >= 4 is 23.2 Å². The molecule has 0 fully saturated rings. The van der Waals surface area contributed by atoms with Gasteiger partial charge in [0.05, 0.1) is 23.9 Å². The Bertz CT molecular complexity index is 1050. The van der Waals surface area contributed by atoms with Gasteiger partial charge in [0.25, 0.3) is 11.5 Å². The Balaban J connectivity index is 1.81. The number of nitrogens with zero attached hydrogens (tertiary/aromatic N) is 2. The summed E-state index contributed by atoms with van der Waals surface area (Å²) in [4.78, 5) is 24.4. The molecule has 128 valence electrons. The maximum Gasteiger partial charge on any atom is 0.255 e. The molecule has 1 amide bonds. The van der Waals surface area contributed by atoms with Gasteiger partial charge in [0.15, 0.2) is 0 Å². The minimum absolute atomic E-state index is 0.193. The van der Waals surface area contributed by atoms with Gasteiger partial charge in [0, 0.05) is 22.8 Å². The molecule has 6 heteroatoms. The van der Waals surface area contributed by atoms with Crippen LogP contribution in [0.5, 0.6) is 0 Å².